The monoisotopic (exact) mass is 328 g/mol. The molecule has 4 nitrogen and oxygen atoms in total. The van der Waals surface area contributed by atoms with Crippen molar-refractivity contribution in [1.29, 1.82) is 0 Å². The lowest BCUT2D eigenvalue weighted by atomic mass is 9.54. The van der Waals surface area contributed by atoms with Crippen molar-refractivity contribution >= 4 is 11.8 Å². The first-order valence-electron chi connectivity index (χ1n) is 8.36. The number of esters is 1. The Morgan fingerprint density at radius 3 is 2.62 bits per heavy atom. The predicted molar refractivity (Wildman–Crippen MR) is 91.4 cm³/mol. The maximum atomic E-state index is 12.7. The van der Waals surface area contributed by atoms with Crippen LogP contribution in [0.1, 0.15) is 55.5 Å². The van der Waals surface area contributed by atoms with E-state index in [9.17, 15) is 9.59 Å². The van der Waals surface area contributed by atoms with E-state index in [1.54, 1.807) is 13.2 Å². The summed E-state index contributed by atoms with van der Waals surface area (Å²) in [6.45, 7) is 4.26. The van der Waals surface area contributed by atoms with Crippen molar-refractivity contribution in [3.8, 4) is 5.75 Å². The first kappa shape index (κ1) is 16.7. The van der Waals surface area contributed by atoms with Gasteiger partial charge in [0.05, 0.1) is 20.6 Å². The van der Waals surface area contributed by atoms with Gasteiger partial charge in [0.2, 0.25) is 0 Å². The molecular weight excluding hydrogens is 304 g/mol. The van der Waals surface area contributed by atoms with Crippen LogP contribution in [0, 0.1) is 5.41 Å². The van der Waals surface area contributed by atoms with E-state index in [4.69, 9.17) is 9.47 Å². The lowest BCUT2D eigenvalue weighted by molar-refractivity contribution is -0.143. The highest BCUT2D eigenvalue weighted by Crippen LogP contribution is 2.56. The van der Waals surface area contributed by atoms with Gasteiger partial charge in [-0.15, -0.1) is 0 Å². The molecule has 4 heteroatoms. The third-order valence-corrected chi connectivity index (χ3v) is 5.77. The lowest BCUT2D eigenvalue weighted by Gasteiger charge is -2.49. The molecule has 1 aromatic carbocycles. The summed E-state index contributed by atoms with van der Waals surface area (Å²) in [6, 6.07) is 5.73. The van der Waals surface area contributed by atoms with Crippen molar-refractivity contribution in [2.24, 2.45) is 5.41 Å². The Morgan fingerprint density at radius 2 is 1.96 bits per heavy atom. The number of hydrogen-bond donors (Lipinski definition) is 0. The van der Waals surface area contributed by atoms with E-state index in [-0.39, 0.29) is 22.6 Å². The summed E-state index contributed by atoms with van der Waals surface area (Å²) >= 11 is 0. The van der Waals surface area contributed by atoms with Gasteiger partial charge in [0.25, 0.3) is 0 Å². The van der Waals surface area contributed by atoms with Gasteiger partial charge in [-0.1, -0.05) is 26.3 Å². The second-order valence-electron chi connectivity index (χ2n) is 7.33. The summed E-state index contributed by atoms with van der Waals surface area (Å²) in [5.41, 5.74) is 2.25. The average molecular weight is 328 g/mol. The summed E-state index contributed by atoms with van der Waals surface area (Å²) in [7, 11) is 3.02. The second kappa shape index (κ2) is 5.76. The van der Waals surface area contributed by atoms with Crippen molar-refractivity contribution in [3.05, 3.63) is 41.0 Å². The van der Waals surface area contributed by atoms with Crippen LogP contribution in [-0.4, -0.2) is 26.0 Å². The van der Waals surface area contributed by atoms with Crippen LogP contribution >= 0.6 is 0 Å². The van der Waals surface area contributed by atoms with E-state index in [0.29, 0.717) is 17.7 Å². The van der Waals surface area contributed by atoms with Crippen LogP contribution in [0.3, 0.4) is 0 Å². The molecule has 0 N–H and O–H groups in total. The third kappa shape index (κ3) is 2.45. The molecule has 0 heterocycles. The van der Waals surface area contributed by atoms with Crippen molar-refractivity contribution < 1.29 is 19.1 Å². The highest BCUT2D eigenvalue weighted by molar-refractivity contribution is 6.08. The molecule has 0 bridgehead atoms. The number of ketones is 1. The van der Waals surface area contributed by atoms with Crippen molar-refractivity contribution in [2.75, 3.05) is 14.2 Å². The first-order chi connectivity index (χ1) is 11.3. The fourth-order valence-electron chi connectivity index (χ4n) is 4.50. The average Bonchev–Trinajstić information content (AvgIpc) is 2.56. The van der Waals surface area contributed by atoms with Gasteiger partial charge < -0.3 is 9.47 Å². The third-order valence-electron chi connectivity index (χ3n) is 5.77. The molecule has 1 aromatic rings. The van der Waals surface area contributed by atoms with Crippen LogP contribution < -0.4 is 4.74 Å². The number of carbonyl (C=O) groups is 2. The molecule has 1 saturated carbocycles. The van der Waals surface area contributed by atoms with Crippen LogP contribution in [0.5, 0.6) is 5.75 Å². The van der Waals surface area contributed by atoms with E-state index >= 15 is 0 Å². The first-order valence-corrected chi connectivity index (χ1v) is 8.36. The number of benzene rings is 1. The standard InChI is InChI=1S/C20H24O4/c1-19(12-18(22)24-4)8-5-9-20(2)15-7-6-13(23-3)10-14(15)16(21)11-17(19)20/h6-7,10-11H,5,8-9,12H2,1-4H3/t19?,20-/m1/s1. The van der Waals surface area contributed by atoms with Crippen LogP contribution in [0.25, 0.3) is 0 Å². The van der Waals surface area contributed by atoms with Gasteiger partial charge in [0.15, 0.2) is 5.78 Å². The topological polar surface area (TPSA) is 52.6 Å². The number of carbonyl (C=O) groups excluding carboxylic acids is 2. The molecule has 0 spiro atoms. The molecule has 128 valence electrons. The highest BCUT2D eigenvalue weighted by Gasteiger charge is 2.49. The van der Waals surface area contributed by atoms with Gasteiger partial charge in [-0.25, -0.2) is 0 Å². The summed E-state index contributed by atoms with van der Waals surface area (Å²) in [4.78, 5) is 24.7. The molecule has 1 unspecified atom stereocenters. The van der Waals surface area contributed by atoms with Crippen molar-refractivity contribution in [3.63, 3.8) is 0 Å². The van der Waals surface area contributed by atoms with Crippen molar-refractivity contribution in [2.45, 2.75) is 44.9 Å². The van der Waals surface area contributed by atoms with Gasteiger partial charge in [-0.3, -0.25) is 9.59 Å². The number of rotatable bonds is 3. The zero-order valence-corrected chi connectivity index (χ0v) is 14.8. The van der Waals surface area contributed by atoms with Crippen LogP contribution in [-0.2, 0) is 14.9 Å². The number of allylic oxidation sites excluding steroid dienone is 2. The Labute approximate surface area is 142 Å². The lowest BCUT2D eigenvalue weighted by Crippen LogP contribution is -2.43. The molecule has 0 aliphatic heterocycles. The number of ether oxygens (including phenoxy) is 2. The maximum Gasteiger partial charge on any atom is 0.306 e. The van der Waals surface area contributed by atoms with Crippen molar-refractivity contribution in [1.82, 2.24) is 0 Å². The molecule has 0 amide bonds. The zero-order chi connectivity index (χ0) is 17.5. The Balaban J connectivity index is 2.12. The van der Waals surface area contributed by atoms with Crippen LogP contribution in [0.2, 0.25) is 0 Å². The number of hydrogen-bond acceptors (Lipinski definition) is 4. The van der Waals surface area contributed by atoms with Gasteiger partial charge in [-0.05, 0) is 42.2 Å². The normalized spacial score (nSPS) is 28.5. The fourth-order valence-corrected chi connectivity index (χ4v) is 4.50. The molecule has 2 atom stereocenters. The van der Waals surface area contributed by atoms with Gasteiger partial charge in [0, 0.05) is 16.4 Å². The summed E-state index contributed by atoms with van der Waals surface area (Å²) in [5.74, 6) is 0.459. The predicted octanol–water partition coefficient (Wildman–Crippen LogP) is 3.83. The minimum atomic E-state index is -0.340. The van der Waals surface area contributed by atoms with E-state index in [1.807, 2.05) is 18.2 Å². The smallest absolute Gasteiger partial charge is 0.306 e. The minimum absolute atomic E-state index is 0.00522. The summed E-state index contributed by atoms with van der Waals surface area (Å²) < 4.78 is 10.2. The minimum Gasteiger partial charge on any atom is -0.497 e. The Hall–Kier alpha value is -2.10. The van der Waals surface area contributed by atoms with Crippen LogP contribution in [0.4, 0.5) is 0 Å². The van der Waals surface area contributed by atoms with E-state index in [1.165, 1.54) is 7.11 Å². The Bertz CT molecular complexity index is 733. The van der Waals surface area contributed by atoms with Gasteiger partial charge >= 0.3 is 5.97 Å². The summed E-state index contributed by atoms with van der Waals surface area (Å²) in [5, 5.41) is 0. The maximum absolute atomic E-state index is 12.7. The molecular formula is C20H24O4. The molecule has 2 aliphatic carbocycles. The highest BCUT2D eigenvalue weighted by atomic mass is 16.5. The molecule has 0 radical (unpaired) electrons. The van der Waals surface area contributed by atoms with E-state index in [2.05, 4.69) is 13.8 Å². The van der Waals surface area contributed by atoms with Crippen LogP contribution in [0.15, 0.2) is 29.8 Å². The Morgan fingerprint density at radius 1 is 1.21 bits per heavy atom. The fraction of sp³-hybridized carbons (Fsp3) is 0.500. The van der Waals surface area contributed by atoms with Gasteiger partial charge in [-0.2, -0.15) is 0 Å². The number of fused-ring (bicyclic) bond motifs is 3. The summed E-state index contributed by atoms with van der Waals surface area (Å²) in [6.07, 6.45) is 4.94. The molecule has 2 aliphatic rings. The number of methoxy groups -OCH3 is 2. The second-order valence-corrected chi connectivity index (χ2v) is 7.33. The zero-order valence-electron chi connectivity index (χ0n) is 14.8. The van der Waals surface area contributed by atoms with E-state index in [0.717, 1.165) is 30.4 Å². The SMILES string of the molecule is COC(=O)CC1(C)CCC[C@@]2(C)C1=CC(=O)c1cc(OC)ccc12. The largest absolute Gasteiger partial charge is 0.497 e. The Kier molecular flexibility index (Phi) is 4.02. The molecule has 0 aromatic heterocycles. The molecule has 3 rings (SSSR count). The quantitative estimate of drug-likeness (QED) is 0.791. The molecule has 1 fully saturated rings. The van der Waals surface area contributed by atoms with Gasteiger partial charge in [0.1, 0.15) is 5.75 Å². The molecule has 24 heavy (non-hydrogen) atoms. The molecule has 0 saturated heterocycles. The van der Waals surface area contributed by atoms with E-state index < -0.39 is 0 Å².